The lowest BCUT2D eigenvalue weighted by Gasteiger charge is -2.18. The monoisotopic (exact) mass is 318 g/mol. The summed E-state index contributed by atoms with van der Waals surface area (Å²) in [5, 5.41) is 2.79. The van der Waals surface area contributed by atoms with E-state index in [0.29, 0.717) is 25.8 Å². The third-order valence-corrected chi connectivity index (χ3v) is 2.94. The first-order chi connectivity index (χ1) is 9.52. The molecule has 2 unspecified atom stereocenters. The van der Waals surface area contributed by atoms with Gasteiger partial charge in [-0.25, -0.2) is 4.39 Å². The largest absolute Gasteiger partial charge is 0.486 e. The molecular weight excluding hydrogens is 295 g/mol. The highest BCUT2D eigenvalue weighted by atomic mass is 35.5. The molecule has 3 N–H and O–H groups in total. The topological polar surface area (TPSA) is 64.4 Å². The first-order valence-electron chi connectivity index (χ1n) is 6.96. The summed E-state index contributed by atoms with van der Waals surface area (Å²) < 4.78 is 19.0. The molecule has 6 heteroatoms. The van der Waals surface area contributed by atoms with Crippen LogP contribution in [-0.4, -0.2) is 24.6 Å². The zero-order valence-corrected chi connectivity index (χ0v) is 13.3. The normalized spacial score (nSPS) is 13.0. The number of amides is 1. The quantitative estimate of drug-likeness (QED) is 0.774. The Labute approximate surface area is 131 Å². The number of hydrogen-bond donors (Lipinski definition) is 2. The molecule has 0 aliphatic heterocycles. The van der Waals surface area contributed by atoms with Gasteiger partial charge in [-0.2, -0.15) is 0 Å². The van der Waals surface area contributed by atoms with Crippen molar-refractivity contribution in [1.82, 2.24) is 5.32 Å². The van der Waals surface area contributed by atoms with Crippen molar-refractivity contribution in [1.29, 1.82) is 0 Å². The molecule has 0 fully saturated rings. The van der Waals surface area contributed by atoms with E-state index in [1.807, 2.05) is 13.8 Å². The Morgan fingerprint density at radius 2 is 2.10 bits per heavy atom. The fourth-order valence-corrected chi connectivity index (χ4v) is 1.66. The minimum Gasteiger partial charge on any atom is -0.486 e. The minimum absolute atomic E-state index is 0. The lowest BCUT2D eigenvalue weighted by molar-refractivity contribution is -0.121. The Kier molecular flexibility index (Phi) is 9.75. The van der Waals surface area contributed by atoms with Crippen molar-refractivity contribution in [3.8, 4) is 5.75 Å². The number of ether oxygens (including phenoxy) is 1. The summed E-state index contributed by atoms with van der Waals surface area (Å²) in [5.41, 5.74) is 5.60. The predicted molar refractivity (Wildman–Crippen MR) is 84.2 cm³/mol. The number of benzene rings is 1. The second-order valence-electron chi connectivity index (χ2n) is 4.90. The van der Waals surface area contributed by atoms with Crippen LogP contribution in [0.5, 0.6) is 5.75 Å². The summed E-state index contributed by atoms with van der Waals surface area (Å²) in [6, 6.07) is 6.27. The molecule has 1 aromatic carbocycles. The molecule has 0 saturated carbocycles. The highest BCUT2D eigenvalue weighted by Crippen LogP contribution is 2.17. The number of carbonyl (C=O) groups is 1. The average molecular weight is 319 g/mol. The second kappa shape index (κ2) is 10.4. The molecule has 0 heterocycles. The number of rotatable bonds is 8. The molecule has 0 aromatic heterocycles. The zero-order valence-electron chi connectivity index (χ0n) is 12.5. The third kappa shape index (κ3) is 7.87. The van der Waals surface area contributed by atoms with Crippen molar-refractivity contribution in [2.45, 2.75) is 45.3 Å². The van der Waals surface area contributed by atoms with Crippen LogP contribution in [0.15, 0.2) is 24.3 Å². The van der Waals surface area contributed by atoms with Crippen molar-refractivity contribution in [2.24, 2.45) is 5.73 Å². The summed E-state index contributed by atoms with van der Waals surface area (Å²) in [6.07, 6.45) is 1.48. The number of halogens is 2. The Morgan fingerprint density at radius 1 is 1.43 bits per heavy atom. The van der Waals surface area contributed by atoms with Crippen molar-refractivity contribution in [3.05, 3.63) is 30.1 Å². The van der Waals surface area contributed by atoms with E-state index in [0.717, 1.165) is 0 Å². The maximum Gasteiger partial charge on any atom is 0.220 e. The summed E-state index contributed by atoms with van der Waals surface area (Å²) in [7, 11) is 0. The molecule has 1 aromatic rings. The van der Waals surface area contributed by atoms with Gasteiger partial charge in [-0.1, -0.05) is 19.1 Å². The van der Waals surface area contributed by atoms with Gasteiger partial charge in [0, 0.05) is 12.5 Å². The van der Waals surface area contributed by atoms with Crippen molar-refractivity contribution < 1.29 is 13.9 Å². The number of nitrogens with one attached hydrogen (secondary N) is 1. The molecule has 21 heavy (non-hydrogen) atoms. The number of nitrogens with two attached hydrogens (primary N) is 1. The molecule has 1 rings (SSSR count). The summed E-state index contributed by atoms with van der Waals surface area (Å²) in [4.78, 5) is 11.6. The maximum atomic E-state index is 13.5. The Hall–Kier alpha value is -1.33. The van der Waals surface area contributed by atoms with Crippen molar-refractivity contribution >= 4 is 18.3 Å². The minimum atomic E-state index is -0.394. The molecule has 0 aliphatic rings. The van der Waals surface area contributed by atoms with Gasteiger partial charge in [-0.3, -0.25) is 4.79 Å². The fraction of sp³-hybridized carbons (Fsp3) is 0.533. The number of para-hydroxylation sites is 1. The highest BCUT2D eigenvalue weighted by molar-refractivity contribution is 5.85. The van der Waals surface area contributed by atoms with Crippen molar-refractivity contribution in [2.75, 3.05) is 6.54 Å². The number of hydrogen-bond acceptors (Lipinski definition) is 3. The van der Waals surface area contributed by atoms with E-state index >= 15 is 0 Å². The van der Waals surface area contributed by atoms with Gasteiger partial charge >= 0.3 is 0 Å². The molecule has 0 spiro atoms. The zero-order chi connectivity index (χ0) is 15.0. The average Bonchev–Trinajstić information content (AvgIpc) is 2.43. The Balaban J connectivity index is 0.00000400. The summed E-state index contributed by atoms with van der Waals surface area (Å²) >= 11 is 0. The molecule has 4 nitrogen and oxygen atoms in total. The number of carbonyl (C=O) groups excluding carboxylic acids is 1. The first kappa shape index (κ1) is 19.7. The fourth-order valence-electron chi connectivity index (χ4n) is 1.66. The third-order valence-electron chi connectivity index (χ3n) is 2.94. The summed E-state index contributed by atoms with van der Waals surface area (Å²) in [5.74, 6) is -0.240. The molecule has 2 atom stereocenters. The van der Waals surface area contributed by atoms with E-state index in [4.69, 9.17) is 10.5 Å². The molecule has 0 radical (unpaired) electrons. The van der Waals surface area contributed by atoms with Crippen LogP contribution in [0, 0.1) is 5.82 Å². The van der Waals surface area contributed by atoms with Crippen LogP contribution >= 0.6 is 12.4 Å². The van der Waals surface area contributed by atoms with Gasteiger partial charge in [0.05, 0.1) is 6.54 Å². The molecular formula is C15H24ClFN2O2. The molecule has 1 amide bonds. The van der Waals surface area contributed by atoms with Gasteiger partial charge in [0.1, 0.15) is 6.10 Å². The van der Waals surface area contributed by atoms with Gasteiger partial charge in [-0.15, -0.1) is 12.4 Å². The lowest BCUT2D eigenvalue weighted by Crippen LogP contribution is -2.35. The van der Waals surface area contributed by atoms with Crippen LogP contribution in [0.1, 0.15) is 33.1 Å². The van der Waals surface area contributed by atoms with Gasteiger partial charge < -0.3 is 15.8 Å². The van der Waals surface area contributed by atoms with Gasteiger partial charge in [0.2, 0.25) is 5.91 Å². The molecule has 0 bridgehead atoms. The highest BCUT2D eigenvalue weighted by Gasteiger charge is 2.12. The van der Waals surface area contributed by atoms with Crippen LogP contribution in [-0.2, 0) is 4.79 Å². The van der Waals surface area contributed by atoms with Gasteiger partial charge in [0.25, 0.3) is 0 Å². The van der Waals surface area contributed by atoms with Crippen LogP contribution < -0.4 is 15.8 Å². The van der Waals surface area contributed by atoms with Crippen LogP contribution in [0.4, 0.5) is 4.39 Å². The standard InChI is InChI=1S/C15H23FN2O2.ClH/c1-3-12(10-18-15(19)9-8-11(2)17)20-14-7-5-4-6-13(14)16;/h4-7,11-12H,3,8-10,17H2,1-2H3,(H,18,19);1H. The van der Waals surface area contributed by atoms with Crippen LogP contribution in [0.3, 0.4) is 0 Å². The van der Waals surface area contributed by atoms with E-state index in [1.165, 1.54) is 6.07 Å². The molecule has 0 aliphatic carbocycles. The van der Waals surface area contributed by atoms with E-state index in [1.54, 1.807) is 18.2 Å². The SMILES string of the molecule is CCC(CNC(=O)CCC(C)N)Oc1ccccc1F.Cl. The Morgan fingerprint density at radius 3 is 2.67 bits per heavy atom. The van der Waals surface area contributed by atoms with E-state index in [2.05, 4.69) is 5.32 Å². The lowest BCUT2D eigenvalue weighted by atomic mass is 10.2. The molecule has 120 valence electrons. The Bertz CT molecular complexity index is 430. The molecule has 0 saturated heterocycles. The van der Waals surface area contributed by atoms with Crippen molar-refractivity contribution in [3.63, 3.8) is 0 Å². The predicted octanol–water partition coefficient (Wildman–Crippen LogP) is 2.65. The van der Waals surface area contributed by atoms with E-state index < -0.39 is 5.82 Å². The smallest absolute Gasteiger partial charge is 0.220 e. The van der Waals surface area contributed by atoms with Crippen LogP contribution in [0.25, 0.3) is 0 Å². The van der Waals surface area contributed by atoms with E-state index in [9.17, 15) is 9.18 Å². The first-order valence-corrected chi connectivity index (χ1v) is 6.96. The van der Waals surface area contributed by atoms with Crippen LogP contribution in [0.2, 0.25) is 0 Å². The second-order valence-corrected chi connectivity index (χ2v) is 4.90. The maximum absolute atomic E-state index is 13.5. The van der Waals surface area contributed by atoms with Gasteiger partial charge in [-0.05, 0) is 31.9 Å². The van der Waals surface area contributed by atoms with E-state index in [-0.39, 0.29) is 36.2 Å². The van der Waals surface area contributed by atoms with Gasteiger partial charge in [0.15, 0.2) is 11.6 Å². The summed E-state index contributed by atoms with van der Waals surface area (Å²) in [6.45, 7) is 4.16.